The maximum atomic E-state index is 10.9. The molecule has 0 unspecified atom stereocenters. The Labute approximate surface area is 110 Å². The highest BCUT2D eigenvalue weighted by Crippen LogP contribution is 2.25. The van der Waals surface area contributed by atoms with Crippen molar-refractivity contribution in [3.63, 3.8) is 0 Å². The van der Waals surface area contributed by atoms with Crippen LogP contribution in [-0.2, 0) is 6.54 Å². The minimum absolute atomic E-state index is 0.0930. The molecule has 2 aromatic heterocycles. The maximum Gasteiger partial charge on any atom is 0.312 e. The number of nitro groups is 1. The zero-order chi connectivity index (χ0) is 13.1. The first kappa shape index (κ1) is 12.5. The second kappa shape index (κ2) is 5.13. The molecule has 94 valence electrons. The van der Waals surface area contributed by atoms with E-state index in [0.29, 0.717) is 22.5 Å². The molecule has 0 saturated carbocycles. The summed E-state index contributed by atoms with van der Waals surface area (Å²) >= 11 is 3.14. The van der Waals surface area contributed by atoms with E-state index in [1.54, 1.807) is 13.0 Å². The summed E-state index contributed by atoms with van der Waals surface area (Å²) in [4.78, 5) is 14.3. The van der Waals surface area contributed by atoms with Crippen molar-refractivity contribution in [2.75, 3.05) is 5.32 Å². The van der Waals surface area contributed by atoms with Crippen LogP contribution >= 0.6 is 15.9 Å². The van der Waals surface area contributed by atoms with Crippen LogP contribution in [0.5, 0.6) is 0 Å². The standard InChI is InChI=1S/C10H9BrN4O3/c1-6-2-8(14-18-6)5-13-10-9(15(16)17)3-7(11)4-12-10/h2-4H,5H2,1H3,(H,12,13). The number of nitrogens with one attached hydrogen (secondary N) is 1. The zero-order valence-corrected chi connectivity index (χ0v) is 11.0. The van der Waals surface area contributed by atoms with E-state index in [4.69, 9.17) is 4.52 Å². The van der Waals surface area contributed by atoms with E-state index in [9.17, 15) is 10.1 Å². The Morgan fingerprint density at radius 1 is 1.56 bits per heavy atom. The highest BCUT2D eigenvalue weighted by atomic mass is 79.9. The summed E-state index contributed by atoms with van der Waals surface area (Å²) < 4.78 is 5.45. The SMILES string of the molecule is Cc1cc(CNc2ncc(Br)cc2[N+](=O)[O-])no1. The van der Waals surface area contributed by atoms with E-state index in [1.165, 1.54) is 12.3 Å². The average Bonchev–Trinajstić information content (AvgIpc) is 2.73. The first-order valence-electron chi connectivity index (χ1n) is 5.02. The summed E-state index contributed by atoms with van der Waals surface area (Å²) in [5, 5.41) is 17.5. The van der Waals surface area contributed by atoms with Gasteiger partial charge in [0.25, 0.3) is 0 Å². The average molecular weight is 313 g/mol. The fourth-order valence-corrected chi connectivity index (χ4v) is 1.70. The Hall–Kier alpha value is -1.96. The van der Waals surface area contributed by atoms with Gasteiger partial charge in [-0.3, -0.25) is 10.1 Å². The Bertz CT molecular complexity index is 584. The number of aryl methyl sites for hydroxylation is 1. The highest BCUT2D eigenvalue weighted by molar-refractivity contribution is 9.10. The fourth-order valence-electron chi connectivity index (χ4n) is 1.38. The quantitative estimate of drug-likeness (QED) is 0.689. The van der Waals surface area contributed by atoms with Gasteiger partial charge in [-0.1, -0.05) is 5.16 Å². The predicted molar refractivity (Wildman–Crippen MR) is 67.2 cm³/mol. The number of rotatable bonds is 4. The van der Waals surface area contributed by atoms with Crippen molar-refractivity contribution in [1.29, 1.82) is 0 Å². The highest BCUT2D eigenvalue weighted by Gasteiger charge is 2.15. The molecule has 2 heterocycles. The van der Waals surface area contributed by atoms with Crippen LogP contribution in [-0.4, -0.2) is 15.1 Å². The van der Waals surface area contributed by atoms with E-state index >= 15 is 0 Å². The van der Waals surface area contributed by atoms with Gasteiger partial charge in [0, 0.05) is 22.8 Å². The van der Waals surface area contributed by atoms with Gasteiger partial charge < -0.3 is 9.84 Å². The van der Waals surface area contributed by atoms with E-state index in [0.717, 1.165) is 0 Å². The molecule has 0 amide bonds. The zero-order valence-electron chi connectivity index (χ0n) is 9.38. The molecule has 18 heavy (non-hydrogen) atoms. The smallest absolute Gasteiger partial charge is 0.312 e. The summed E-state index contributed by atoms with van der Waals surface area (Å²) in [6, 6.07) is 3.14. The molecule has 0 aliphatic carbocycles. The Balaban J connectivity index is 2.16. The van der Waals surface area contributed by atoms with E-state index < -0.39 is 4.92 Å². The van der Waals surface area contributed by atoms with Crippen LogP contribution in [0.2, 0.25) is 0 Å². The van der Waals surface area contributed by atoms with Crippen LogP contribution in [0, 0.1) is 17.0 Å². The Kier molecular flexibility index (Phi) is 3.56. The van der Waals surface area contributed by atoms with E-state index in [2.05, 4.69) is 31.4 Å². The second-order valence-corrected chi connectivity index (χ2v) is 4.48. The van der Waals surface area contributed by atoms with Crippen molar-refractivity contribution in [2.45, 2.75) is 13.5 Å². The third-order valence-electron chi connectivity index (χ3n) is 2.14. The first-order chi connectivity index (χ1) is 8.56. The summed E-state index contributed by atoms with van der Waals surface area (Å²) in [6.07, 6.45) is 1.49. The number of anilines is 1. The van der Waals surface area contributed by atoms with Crippen LogP contribution in [0.3, 0.4) is 0 Å². The summed E-state index contributed by atoms with van der Waals surface area (Å²) in [5.74, 6) is 0.883. The molecule has 0 aliphatic heterocycles. The molecule has 0 bridgehead atoms. The van der Waals surface area contributed by atoms with Crippen LogP contribution in [0.1, 0.15) is 11.5 Å². The maximum absolute atomic E-state index is 10.9. The van der Waals surface area contributed by atoms with Gasteiger partial charge in [-0.2, -0.15) is 0 Å². The van der Waals surface area contributed by atoms with Gasteiger partial charge in [-0.05, 0) is 22.9 Å². The van der Waals surface area contributed by atoms with Crippen molar-refractivity contribution < 1.29 is 9.45 Å². The number of aromatic nitrogens is 2. The molecular weight excluding hydrogens is 304 g/mol. The summed E-state index contributed by atoms with van der Waals surface area (Å²) in [5.41, 5.74) is 0.566. The molecule has 2 rings (SSSR count). The van der Waals surface area contributed by atoms with Gasteiger partial charge in [0.05, 0.1) is 11.5 Å². The number of hydrogen-bond donors (Lipinski definition) is 1. The van der Waals surface area contributed by atoms with Crippen LogP contribution in [0.25, 0.3) is 0 Å². The van der Waals surface area contributed by atoms with E-state index in [1.807, 2.05) is 0 Å². The van der Waals surface area contributed by atoms with Crippen LogP contribution in [0.4, 0.5) is 11.5 Å². The molecule has 0 spiro atoms. The second-order valence-electron chi connectivity index (χ2n) is 3.56. The number of hydrogen-bond acceptors (Lipinski definition) is 6. The third-order valence-corrected chi connectivity index (χ3v) is 2.58. The largest absolute Gasteiger partial charge is 0.361 e. The predicted octanol–water partition coefficient (Wildman–Crippen LogP) is 2.66. The lowest BCUT2D eigenvalue weighted by Crippen LogP contribution is -2.04. The number of nitrogens with zero attached hydrogens (tertiary/aromatic N) is 3. The van der Waals surface area contributed by atoms with Crippen molar-refractivity contribution >= 4 is 27.4 Å². The molecule has 0 radical (unpaired) electrons. The van der Waals surface area contributed by atoms with Crippen molar-refractivity contribution in [3.8, 4) is 0 Å². The first-order valence-corrected chi connectivity index (χ1v) is 5.81. The van der Waals surface area contributed by atoms with Crippen LogP contribution in [0.15, 0.2) is 27.3 Å². The Morgan fingerprint density at radius 3 is 2.94 bits per heavy atom. The Morgan fingerprint density at radius 2 is 2.33 bits per heavy atom. The molecule has 8 heteroatoms. The minimum Gasteiger partial charge on any atom is -0.361 e. The molecule has 0 atom stereocenters. The van der Waals surface area contributed by atoms with Gasteiger partial charge in [0.15, 0.2) is 0 Å². The minimum atomic E-state index is -0.492. The molecule has 2 aromatic rings. The number of pyridine rings is 1. The molecule has 0 saturated heterocycles. The van der Waals surface area contributed by atoms with E-state index in [-0.39, 0.29) is 11.5 Å². The number of halogens is 1. The van der Waals surface area contributed by atoms with Gasteiger partial charge >= 0.3 is 5.69 Å². The molecule has 0 fully saturated rings. The van der Waals surface area contributed by atoms with Gasteiger partial charge in [-0.25, -0.2) is 4.98 Å². The van der Waals surface area contributed by atoms with Gasteiger partial charge in [0.1, 0.15) is 11.5 Å². The van der Waals surface area contributed by atoms with Crippen molar-refractivity contribution in [3.05, 3.63) is 44.4 Å². The van der Waals surface area contributed by atoms with Gasteiger partial charge in [-0.15, -0.1) is 0 Å². The molecule has 1 N–H and O–H groups in total. The summed E-state index contributed by atoms with van der Waals surface area (Å²) in [6.45, 7) is 2.09. The van der Waals surface area contributed by atoms with Crippen molar-refractivity contribution in [2.24, 2.45) is 0 Å². The van der Waals surface area contributed by atoms with Gasteiger partial charge in [0.2, 0.25) is 5.82 Å². The monoisotopic (exact) mass is 312 g/mol. The molecule has 0 aromatic carbocycles. The molecule has 0 aliphatic rings. The third kappa shape index (κ3) is 2.83. The lowest BCUT2D eigenvalue weighted by atomic mass is 10.3. The normalized spacial score (nSPS) is 10.3. The molecular formula is C10H9BrN4O3. The summed E-state index contributed by atoms with van der Waals surface area (Å²) in [7, 11) is 0. The van der Waals surface area contributed by atoms with Crippen molar-refractivity contribution in [1.82, 2.24) is 10.1 Å². The fraction of sp³-hybridized carbons (Fsp3) is 0.200. The lowest BCUT2D eigenvalue weighted by molar-refractivity contribution is -0.384. The topological polar surface area (TPSA) is 94.1 Å². The van der Waals surface area contributed by atoms with Crippen LogP contribution < -0.4 is 5.32 Å². The lowest BCUT2D eigenvalue weighted by Gasteiger charge is -2.03. The molecule has 7 nitrogen and oxygen atoms in total.